The summed E-state index contributed by atoms with van der Waals surface area (Å²) >= 11 is 5.26. The molecule has 3 heteroatoms. The monoisotopic (exact) mass is 212 g/mol. The van der Waals surface area contributed by atoms with Gasteiger partial charge >= 0.3 is 0 Å². The van der Waals surface area contributed by atoms with Crippen LogP contribution in [0.4, 0.5) is 0 Å². The summed E-state index contributed by atoms with van der Waals surface area (Å²) in [7, 11) is 0. The van der Waals surface area contributed by atoms with Crippen molar-refractivity contribution in [2.75, 3.05) is 12.4 Å². The molecular formula is C6H13BrOS. The van der Waals surface area contributed by atoms with Crippen molar-refractivity contribution in [2.45, 2.75) is 23.9 Å². The fourth-order valence-electron chi connectivity index (χ4n) is 0.371. The lowest BCUT2D eigenvalue weighted by molar-refractivity contribution is 0.322. The third kappa shape index (κ3) is 5.25. The van der Waals surface area contributed by atoms with Gasteiger partial charge in [0.1, 0.15) is 0 Å². The number of hydrogen-bond acceptors (Lipinski definition) is 2. The van der Waals surface area contributed by atoms with Crippen molar-refractivity contribution in [1.29, 1.82) is 0 Å². The molecule has 0 aromatic heterocycles. The molecule has 0 aliphatic rings. The topological polar surface area (TPSA) is 20.2 Å². The first kappa shape index (κ1) is 9.79. The van der Waals surface area contributed by atoms with Gasteiger partial charge in [0.05, 0.1) is 6.61 Å². The van der Waals surface area contributed by atoms with Crippen molar-refractivity contribution < 1.29 is 5.11 Å². The van der Waals surface area contributed by atoms with Crippen molar-refractivity contribution in [1.82, 2.24) is 0 Å². The van der Waals surface area contributed by atoms with Gasteiger partial charge in [-0.25, -0.2) is 0 Å². The Morgan fingerprint density at radius 2 is 2.11 bits per heavy atom. The van der Waals surface area contributed by atoms with E-state index >= 15 is 0 Å². The van der Waals surface area contributed by atoms with Crippen LogP contribution >= 0.6 is 27.7 Å². The number of hydrogen-bond donors (Lipinski definition) is 1. The fraction of sp³-hybridized carbons (Fsp3) is 1.00. The highest BCUT2D eigenvalue weighted by Crippen LogP contribution is 2.18. The molecule has 0 heterocycles. The molecule has 0 radical (unpaired) electrons. The van der Waals surface area contributed by atoms with Crippen molar-refractivity contribution in [3.8, 4) is 0 Å². The highest BCUT2D eigenvalue weighted by molar-refractivity contribution is 9.09. The minimum absolute atomic E-state index is 0.286. The first-order valence-electron chi connectivity index (χ1n) is 3.05. The average molecular weight is 213 g/mol. The Kier molecular flexibility index (Phi) is 6.05. The first-order chi connectivity index (χ1) is 4.18. The Balaban J connectivity index is 3.16. The standard InChI is InChI=1S/C6H13BrOS/c1-5(7)6(2)9-4-3-8/h5-6,8H,3-4H2,1-2H3/t5?,6-/m1/s1. The summed E-state index contributed by atoms with van der Waals surface area (Å²) in [6, 6.07) is 0. The van der Waals surface area contributed by atoms with Gasteiger partial charge in [-0.3, -0.25) is 0 Å². The van der Waals surface area contributed by atoms with Gasteiger partial charge in [0.2, 0.25) is 0 Å². The molecule has 0 fully saturated rings. The summed E-state index contributed by atoms with van der Waals surface area (Å²) in [6.45, 7) is 4.56. The van der Waals surface area contributed by atoms with Crippen molar-refractivity contribution in [3.63, 3.8) is 0 Å². The first-order valence-corrected chi connectivity index (χ1v) is 5.01. The van der Waals surface area contributed by atoms with Gasteiger partial charge < -0.3 is 5.11 Å². The lowest BCUT2D eigenvalue weighted by Crippen LogP contribution is -2.09. The molecule has 56 valence electrons. The van der Waals surface area contributed by atoms with Crippen LogP contribution in [0, 0.1) is 0 Å². The van der Waals surface area contributed by atoms with Gasteiger partial charge in [0.25, 0.3) is 0 Å². The molecule has 0 aliphatic heterocycles. The molecule has 1 unspecified atom stereocenters. The van der Waals surface area contributed by atoms with Gasteiger partial charge in [-0.15, -0.1) is 0 Å². The van der Waals surface area contributed by atoms with Crippen LogP contribution in [0.3, 0.4) is 0 Å². The van der Waals surface area contributed by atoms with Crippen LogP contribution in [-0.2, 0) is 0 Å². The summed E-state index contributed by atoms with van der Waals surface area (Å²) in [5.74, 6) is 0.844. The predicted molar refractivity (Wildman–Crippen MR) is 47.4 cm³/mol. The van der Waals surface area contributed by atoms with Gasteiger partial charge in [-0.2, -0.15) is 11.8 Å². The van der Waals surface area contributed by atoms with E-state index < -0.39 is 0 Å². The summed E-state index contributed by atoms with van der Waals surface area (Å²) in [4.78, 5) is 0.536. The van der Waals surface area contributed by atoms with Crippen LogP contribution in [0.15, 0.2) is 0 Å². The molecule has 2 atom stereocenters. The van der Waals surface area contributed by atoms with Crippen molar-refractivity contribution in [3.05, 3.63) is 0 Å². The number of aliphatic hydroxyl groups is 1. The molecule has 0 saturated carbocycles. The number of alkyl halides is 1. The molecule has 0 saturated heterocycles. The van der Waals surface area contributed by atoms with Gasteiger partial charge in [0.15, 0.2) is 0 Å². The van der Waals surface area contributed by atoms with Crippen LogP contribution < -0.4 is 0 Å². The highest BCUT2D eigenvalue weighted by Gasteiger charge is 2.06. The second kappa shape index (κ2) is 5.57. The van der Waals surface area contributed by atoms with Gasteiger partial charge in [0, 0.05) is 15.8 Å². The summed E-state index contributed by atoms with van der Waals surface area (Å²) in [6.07, 6.45) is 0. The summed E-state index contributed by atoms with van der Waals surface area (Å²) in [5, 5.41) is 9.06. The SMILES string of the molecule is CC(Br)[C@@H](C)SCCO. The van der Waals surface area contributed by atoms with E-state index in [9.17, 15) is 0 Å². The van der Waals surface area contributed by atoms with Gasteiger partial charge in [-0.1, -0.05) is 29.8 Å². The van der Waals surface area contributed by atoms with E-state index in [0.29, 0.717) is 10.1 Å². The molecule has 1 nitrogen and oxygen atoms in total. The van der Waals surface area contributed by atoms with E-state index in [2.05, 4.69) is 29.8 Å². The minimum Gasteiger partial charge on any atom is -0.396 e. The normalized spacial score (nSPS) is 17.3. The molecule has 1 N–H and O–H groups in total. The quantitative estimate of drug-likeness (QED) is 0.719. The maximum Gasteiger partial charge on any atom is 0.0521 e. The average Bonchev–Trinajstić information content (AvgIpc) is 1.82. The zero-order valence-electron chi connectivity index (χ0n) is 5.80. The molecule has 0 aliphatic carbocycles. The Morgan fingerprint density at radius 1 is 1.56 bits per heavy atom. The Morgan fingerprint density at radius 3 is 2.44 bits per heavy atom. The minimum atomic E-state index is 0.286. The van der Waals surface area contributed by atoms with Crippen LogP contribution in [0.5, 0.6) is 0 Å². The van der Waals surface area contributed by atoms with E-state index in [-0.39, 0.29) is 6.61 Å². The zero-order valence-corrected chi connectivity index (χ0v) is 8.20. The molecule has 0 aromatic carbocycles. The maximum absolute atomic E-state index is 8.46. The maximum atomic E-state index is 8.46. The smallest absolute Gasteiger partial charge is 0.0521 e. The number of aliphatic hydroxyl groups excluding tert-OH is 1. The van der Waals surface area contributed by atoms with Crippen LogP contribution in [-0.4, -0.2) is 27.5 Å². The Bertz CT molecular complexity index is 68.1. The van der Waals surface area contributed by atoms with Crippen LogP contribution in [0.1, 0.15) is 13.8 Å². The lowest BCUT2D eigenvalue weighted by Gasteiger charge is -2.11. The van der Waals surface area contributed by atoms with E-state index in [1.54, 1.807) is 11.8 Å². The Hall–Kier alpha value is 0.790. The molecule has 0 aromatic rings. The highest BCUT2D eigenvalue weighted by atomic mass is 79.9. The van der Waals surface area contributed by atoms with Gasteiger partial charge in [-0.05, 0) is 0 Å². The van der Waals surface area contributed by atoms with Crippen molar-refractivity contribution in [2.24, 2.45) is 0 Å². The zero-order chi connectivity index (χ0) is 7.28. The largest absolute Gasteiger partial charge is 0.396 e. The molecular weight excluding hydrogens is 200 g/mol. The van der Waals surface area contributed by atoms with Crippen LogP contribution in [0.25, 0.3) is 0 Å². The summed E-state index contributed by atoms with van der Waals surface area (Å²) < 4.78 is 0. The fourth-order valence-corrected chi connectivity index (χ4v) is 1.57. The number of halogens is 1. The third-order valence-electron chi connectivity index (χ3n) is 1.12. The predicted octanol–water partition coefficient (Wildman–Crippen LogP) is 1.88. The Labute approximate surface area is 69.3 Å². The summed E-state index contributed by atoms with van der Waals surface area (Å²) in [5.41, 5.74) is 0. The molecule has 0 rings (SSSR count). The second-order valence-corrected chi connectivity index (χ2v) is 4.91. The van der Waals surface area contributed by atoms with E-state index in [4.69, 9.17) is 5.11 Å². The number of thioether (sulfide) groups is 1. The van der Waals surface area contributed by atoms with E-state index in [1.807, 2.05) is 0 Å². The lowest BCUT2D eigenvalue weighted by atomic mass is 10.4. The molecule has 0 bridgehead atoms. The van der Waals surface area contributed by atoms with E-state index in [0.717, 1.165) is 5.75 Å². The molecule has 9 heavy (non-hydrogen) atoms. The molecule has 0 amide bonds. The second-order valence-electron chi connectivity index (χ2n) is 1.98. The molecule has 0 spiro atoms. The van der Waals surface area contributed by atoms with Crippen molar-refractivity contribution >= 4 is 27.7 Å². The van der Waals surface area contributed by atoms with Crippen LogP contribution in [0.2, 0.25) is 0 Å². The van der Waals surface area contributed by atoms with E-state index in [1.165, 1.54) is 0 Å². The number of rotatable bonds is 4. The third-order valence-corrected chi connectivity index (χ3v) is 3.61.